The summed E-state index contributed by atoms with van der Waals surface area (Å²) < 4.78 is 14.1. The number of rotatable bonds is 2. The monoisotopic (exact) mass is 255 g/mol. The molecule has 0 aliphatic rings. The average Bonchev–Trinajstić information content (AvgIpc) is 2.83. The maximum Gasteiger partial charge on any atom is 0.348 e. The lowest BCUT2D eigenvalue weighted by Gasteiger charge is -1.97. The van der Waals surface area contributed by atoms with Crippen LogP contribution in [0.5, 0.6) is 0 Å². The number of nitrogens with zero attached hydrogens (tertiary/aromatic N) is 2. The van der Waals surface area contributed by atoms with Crippen LogP contribution in [-0.4, -0.2) is 14.8 Å². The smallest absolute Gasteiger partial charge is 0.288 e. The lowest BCUT2D eigenvalue weighted by Crippen LogP contribution is -2.15. The van der Waals surface area contributed by atoms with Crippen molar-refractivity contribution in [3.05, 3.63) is 70.9 Å². The first-order valence-electron chi connectivity index (χ1n) is 5.75. The van der Waals surface area contributed by atoms with Crippen LogP contribution in [0.2, 0.25) is 0 Å². The van der Waals surface area contributed by atoms with E-state index in [2.05, 4.69) is 10.1 Å². The van der Waals surface area contributed by atoms with E-state index in [4.69, 9.17) is 0 Å². The third kappa shape index (κ3) is 2.18. The van der Waals surface area contributed by atoms with Crippen LogP contribution in [0.3, 0.4) is 0 Å². The minimum atomic E-state index is -0.328. The molecule has 0 spiro atoms. The quantitative estimate of drug-likeness (QED) is 0.764. The third-order valence-corrected chi connectivity index (χ3v) is 2.74. The molecule has 19 heavy (non-hydrogen) atoms. The van der Waals surface area contributed by atoms with Crippen molar-refractivity contribution in [3.63, 3.8) is 0 Å². The lowest BCUT2D eigenvalue weighted by molar-refractivity contribution is 0.628. The van der Waals surface area contributed by atoms with Gasteiger partial charge in [0.2, 0.25) is 0 Å². The fourth-order valence-corrected chi connectivity index (χ4v) is 1.81. The summed E-state index contributed by atoms with van der Waals surface area (Å²) in [7, 11) is 0. The molecule has 0 fully saturated rings. The Hall–Kier alpha value is -2.69. The zero-order valence-electron chi connectivity index (χ0n) is 9.88. The molecule has 5 heteroatoms. The Morgan fingerprint density at radius 1 is 1.00 bits per heavy atom. The van der Waals surface area contributed by atoms with Gasteiger partial charge in [-0.2, -0.15) is 4.68 Å². The maximum absolute atomic E-state index is 12.9. The first-order valence-corrected chi connectivity index (χ1v) is 5.75. The van der Waals surface area contributed by atoms with E-state index in [-0.39, 0.29) is 11.5 Å². The van der Waals surface area contributed by atoms with Crippen LogP contribution in [0.1, 0.15) is 0 Å². The minimum absolute atomic E-state index is 0.325. The van der Waals surface area contributed by atoms with E-state index < -0.39 is 0 Å². The Bertz CT molecular complexity index is 744. The summed E-state index contributed by atoms with van der Waals surface area (Å²) in [4.78, 5) is 14.5. The molecular weight excluding hydrogens is 245 g/mol. The normalized spacial score (nSPS) is 10.6. The largest absolute Gasteiger partial charge is 0.348 e. The molecule has 0 bridgehead atoms. The number of hydrogen-bond donors (Lipinski definition) is 1. The molecule has 3 rings (SSSR count). The number of benzene rings is 2. The highest BCUT2D eigenvalue weighted by Crippen LogP contribution is 2.14. The Balaban J connectivity index is 2.07. The summed E-state index contributed by atoms with van der Waals surface area (Å²) in [6.07, 6.45) is 0. The van der Waals surface area contributed by atoms with Gasteiger partial charge in [0.1, 0.15) is 5.82 Å². The molecule has 3 aromatic rings. The van der Waals surface area contributed by atoms with Gasteiger partial charge in [0.15, 0.2) is 5.82 Å². The highest BCUT2D eigenvalue weighted by Gasteiger charge is 2.08. The SMILES string of the molecule is O=c1[nH]c(-c2ccc(F)cc2)nn1-c1ccccc1. The topological polar surface area (TPSA) is 50.7 Å². The van der Waals surface area contributed by atoms with Crippen molar-refractivity contribution in [1.82, 2.24) is 14.8 Å². The van der Waals surface area contributed by atoms with Gasteiger partial charge < -0.3 is 0 Å². The second-order valence-electron chi connectivity index (χ2n) is 4.03. The Morgan fingerprint density at radius 3 is 2.37 bits per heavy atom. The molecule has 1 aromatic heterocycles. The van der Waals surface area contributed by atoms with Crippen molar-refractivity contribution in [3.8, 4) is 17.1 Å². The summed E-state index contributed by atoms with van der Waals surface area (Å²) in [5.41, 5.74) is 1.01. The van der Waals surface area contributed by atoms with Crippen molar-refractivity contribution in [2.75, 3.05) is 0 Å². The van der Waals surface area contributed by atoms with Gasteiger partial charge in [-0.1, -0.05) is 18.2 Å². The van der Waals surface area contributed by atoms with Gasteiger partial charge >= 0.3 is 5.69 Å². The van der Waals surface area contributed by atoms with Gasteiger partial charge in [-0.3, -0.25) is 4.98 Å². The molecule has 0 amide bonds. The molecule has 4 nitrogen and oxygen atoms in total. The standard InChI is InChI=1S/C14H10FN3O/c15-11-8-6-10(7-9-11)13-16-14(19)18(17-13)12-4-2-1-3-5-12/h1-9H,(H,16,17,19). The highest BCUT2D eigenvalue weighted by atomic mass is 19.1. The first kappa shape index (κ1) is 11.4. The van der Waals surface area contributed by atoms with Crippen LogP contribution in [0, 0.1) is 5.82 Å². The summed E-state index contributed by atoms with van der Waals surface area (Å²) in [5, 5.41) is 4.21. The maximum atomic E-state index is 12.9. The molecule has 0 aliphatic heterocycles. The van der Waals surface area contributed by atoms with Gasteiger partial charge in [0, 0.05) is 5.56 Å². The molecule has 94 valence electrons. The van der Waals surface area contributed by atoms with Gasteiger partial charge in [-0.15, -0.1) is 5.10 Å². The zero-order chi connectivity index (χ0) is 13.2. The van der Waals surface area contributed by atoms with Crippen molar-refractivity contribution < 1.29 is 4.39 Å². The zero-order valence-corrected chi connectivity index (χ0v) is 9.88. The number of H-pyrrole nitrogens is 1. The van der Waals surface area contributed by atoms with Gasteiger partial charge in [0.25, 0.3) is 0 Å². The molecule has 0 radical (unpaired) electrons. The second kappa shape index (κ2) is 4.53. The van der Waals surface area contributed by atoms with Crippen LogP contribution in [-0.2, 0) is 0 Å². The lowest BCUT2D eigenvalue weighted by atomic mass is 10.2. The molecule has 1 N–H and O–H groups in total. The number of aromatic amines is 1. The fourth-order valence-electron chi connectivity index (χ4n) is 1.81. The van der Waals surface area contributed by atoms with E-state index in [0.717, 1.165) is 0 Å². The second-order valence-corrected chi connectivity index (χ2v) is 4.03. The predicted octanol–water partition coefficient (Wildman–Crippen LogP) is 2.37. The van der Waals surface area contributed by atoms with Gasteiger partial charge in [0.05, 0.1) is 5.69 Å². The molecule has 2 aromatic carbocycles. The van der Waals surface area contributed by atoms with Crippen LogP contribution >= 0.6 is 0 Å². The highest BCUT2D eigenvalue weighted by molar-refractivity contribution is 5.54. The van der Waals surface area contributed by atoms with Crippen molar-refractivity contribution in [2.24, 2.45) is 0 Å². The molecule has 0 saturated heterocycles. The number of aromatic nitrogens is 3. The van der Waals surface area contributed by atoms with E-state index in [0.29, 0.717) is 17.1 Å². The molecule has 0 aliphatic carbocycles. The Labute approximate surface area is 108 Å². The first-order chi connectivity index (χ1) is 9.24. The molecule has 0 unspecified atom stereocenters. The van der Waals surface area contributed by atoms with Crippen LogP contribution < -0.4 is 5.69 Å². The Morgan fingerprint density at radius 2 is 1.68 bits per heavy atom. The van der Waals surface area contributed by atoms with Crippen molar-refractivity contribution >= 4 is 0 Å². The summed E-state index contributed by atoms with van der Waals surface area (Å²) >= 11 is 0. The molecule has 0 saturated carbocycles. The van der Waals surface area contributed by atoms with E-state index in [1.165, 1.54) is 16.8 Å². The van der Waals surface area contributed by atoms with Crippen LogP contribution in [0.25, 0.3) is 17.1 Å². The summed E-state index contributed by atoms with van der Waals surface area (Å²) in [6, 6.07) is 14.9. The molecular formula is C14H10FN3O. The van der Waals surface area contributed by atoms with E-state index in [9.17, 15) is 9.18 Å². The van der Waals surface area contributed by atoms with Crippen LogP contribution in [0.4, 0.5) is 4.39 Å². The third-order valence-electron chi connectivity index (χ3n) is 2.74. The van der Waals surface area contributed by atoms with Gasteiger partial charge in [-0.25, -0.2) is 9.18 Å². The number of nitrogens with one attached hydrogen (secondary N) is 1. The number of para-hydroxylation sites is 1. The summed E-state index contributed by atoms with van der Waals surface area (Å²) in [5.74, 6) is 0.0856. The van der Waals surface area contributed by atoms with Gasteiger partial charge in [-0.05, 0) is 36.4 Å². The molecule has 1 heterocycles. The van der Waals surface area contributed by atoms with E-state index in [1.54, 1.807) is 24.3 Å². The Kier molecular flexibility index (Phi) is 2.72. The van der Waals surface area contributed by atoms with E-state index in [1.807, 2.05) is 18.2 Å². The molecule has 0 atom stereocenters. The fraction of sp³-hybridized carbons (Fsp3) is 0. The average molecular weight is 255 g/mol. The van der Waals surface area contributed by atoms with Crippen molar-refractivity contribution in [2.45, 2.75) is 0 Å². The van der Waals surface area contributed by atoms with Crippen molar-refractivity contribution in [1.29, 1.82) is 0 Å². The number of halogens is 1. The number of hydrogen-bond acceptors (Lipinski definition) is 2. The predicted molar refractivity (Wildman–Crippen MR) is 69.6 cm³/mol. The van der Waals surface area contributed by atoms with Crippen LogP contribution in [0.15, 0.2) is 59.4 Å². The van der Waals surface area contributed by atoms with E-state index >= 15 is 0 Å². The summed E-state index contributed by atoms with van der Waals surface area (Å²) in [6.45, 7) is 0. The minimum Gasteiger partial charge on any atom is -0.288 e.